The maximum Gasteiger partial charge on any atom is 0.251 e. The number of carbonyl (C=O) groups excluding carboxylic acids is 1. The topological polar surface area (TPSA) is 87.0 Å². The van der Waals surface area contributed by atoms with E-state index in [4.69, 9.17) is 4.42 Å². The van der Waals surface area contributed by atoms with Crippen molar-refractivity contribution in [2.45, 2.75) is 25.8 Å². The van der Waals surface area contributed by atoms with Crippen molar-refractivity contribution < 1.29 is 9.21 Å². The Morgan fingerprint density at radius 3 is 2.80 bits per heavy atom. The van der Waals surface area contributed by atoms with E-state index in [1.165, 1.54) is 12.8 Å². The molecule has 4 rings (SSSR count). The number of fused-ring (bicyclic) bond motifs is 1. The lowest BCUT2D eigenvalue weighted by molar-refractivity contribution is 0.0933. The number of amides is 1. The highest BCUT2D eigenvalue weighted by Crippen LogP contribution is 2.26. The summed E-state index contributed by atoms with van der Waals surface area (Å²) in [6.45, 7) is 4.52. The first-order chi connectivity index (χ1) is 12.2. The average Bonchev–Trinajstić information content (AvgIpc) is 3.36. The second kappa shape index (κ2) is 6.68. The highest BCUT2D eigenvalue weighted by atomic mass is 16.3. The summed E-state index contributed by atoms with van der Waals surface area (Å²) >= 11 is 0. The van der Waals surface area contributed by atoms with E-state index in [0.29, 0.717) is 17.6 Å². The zero-order chi connectivity index (χ0) is 17.2. The summed E-state index contributed by atoms with van der Waals surface area (Å²) in [5, 5.41) is 13.6. The van der Waals surface area contributed by atoms with Gasteiger partial charge in [0, 0.05) is 12.1 Å². The lowest BCUT2D eigenvalue weighted by Crippen LogP contribution is -2.36. The molecule has 7 heteroatoms. The molecule has 1 atom stereocenters. The number of furan rings is 1. The number of aryl methyl sites for hydroxylation is 1. The maximum absolute atomic E-state index is 12.5. The van der Waals surface area contributed by atoms with E-state index in [1.807, 2.05) is 19.1 Å². The molecule has 1 amide bonds. The van der Waals surface area contributed by atoms with Crippen LogP contribution in [0.4, 0.5) is 0 Å². The summed E-state index contributed by atoms with van der Waals surface area (Å²) in [6, 6.07) is 9.35. The molecule has 1 fully saturated rings. The molecular weight excluding hydrogens is 318 g/mol. The molecule has 0 saturated carbocycles. The van der Waals surface area contributed by atoms with Crippen molar-refractivity contribution >= 4 is 16.9 Å². The lowest BCUT2D eigenvalue weighted by Gasteiger charge is -2.26. The maximum atomic E-state index is 12.5. The fourth-order valence-corrected chi connectivity index (χ4v) is 3.37. The van der Waals surface area contributed by atoms with Gasteiger partial charge in [0.05, 0.1) is 6.04 Å². The van der Waals surface area contributed by atoms with Gasteiger partial charge >= 0.3 is 0 Å². The molecule has 25 heavy (non-hydrogen) atoms. The molecule has 2 aromatic heterocycles. The number of aromatic amines is 1. The molecule has 1 aliphatic heterocycles. The fraction of sp³-hybridized carbons (Fsp3) is 0.389. The number of carbonyl (C=O) groups is 1. The third kappa shape index (κ3) is 3.28. The first kappa shape index (κ1) is 15.8. The van der Waals surface area contributed by atoms with E-state index in [-0.39, 0.29) is 11.9 Å². The first-order valence-corrected chi connectivity index (χ1v) is 8.60. The van der Waals surface area contributed by atoms with Gasteiger partial charge in [-0.1, -0.05) is 0 Å². The summed E-state index contributed by atoms with van der Waals surface area (Å²) in [5.74, 6) is 1.69. The Kier molecular flexibility index (Phi) is 4.23. The zero-order valence-corrected chi connectivity index (χ0v) is 14.2. The molecule has 1 unspecified atom stereocenters. The van der Waals surface area contributed by atoms with E-state index in [0.717, 1.165) is 30.1 Å². The van der Waals surface area contributed by atoms with Crippen molar-refractivity contribution in [3.8, 4) is 0 Å². The van der Waals surface area contributed by atoms with E-state index >= 15 is 0 Å². The van der Waals surface area contributed by atoms with Crippen LogP contribution in [-0.4, -0.2) is 45.9 Å². The Balaban J connectivity index is 1.48. The van der Waals surface area contributed by atoms with Gasteiger partial charge in [0.15, 0.2) is 0 Å². The number of aromatic nitrogens is 3. The van der Waals surface area contributed by atoms with Crippen LogP contribution in [0.15, 0.2) is 34.7 Å². The van der Waals surface area contributed by atoms with Gasteiger partial charge in [-0.2, -0.15) is 15.4 Å². The molecule has 7 nitrogen and oxygen atoms in total. The van der Waals surface area contributed by atoms with Crippen molar-refractivity contribution in [3.05, 3.63) is 47.4 Å². The number of nitrogens with one attached hydrogen (secondary N) is 2. The largest absolute Gasteiger partial charge is 0.465 e. The third-order valence-corrected chi connectivity index (χ3v) is 4.71. The van der Waals surface area contributed by atoms with Gasteiger partial charge in [0.2, 0.25) is 0 Å². The van der Waals surface area contributed by atoms with Crippen LogP contribution in [0.2, 0.25) is 0 Å². The quantitative estimate of drug-likeness (QED) is 0.745. The fourth-order valence-electron chi connectivity index (χ4n) is 3.37. The Labute approximate surface area is 145 Å². The molecule has 1 aliphatic rings. The van der Waals surface area contributed by atoms with Gasteiger partial charge in [0.25, 0.3) is 5.91 Å². The summed E-state index contributed by atoms with van der Waals surface area (Å²) in [4.78, 5) is 14.9. The Morgan fingerprint density at radius 1 is 1.24 bits per heavy atom. The minimum Gasteiger partial charge on any atom is -0.465 e. The highest BCUT2D eigenvalue weighted by Gasteiger charge is 2.26. The van der Waals surface area contributed by atoms with Crippen LogP contribution in [-0.2, 0) is 0 Å². The zero-order valence-electron chi connectivity index (χ0n) is 14.2. The van der Waals surface area contributed by atoms with Gasteiger partial charge in [-0.15, -0.1) is 0 Å². The minimum atomic E-state index is -0.114. The smallest absolute Gasteiger partial charge is 0.251 e. The van der Waals surface area contributed by atoms with Gasteiger partial charge in [-0.25, -0.2) is 0 Å². The summed E-state index contributed by atoms with van der Waals surface area (Å²) in [6.07, 6.45) is 2.37. The lowest BCUT2D eigenvalue weighted by atomic mass is 10.1. The number of benzene rings is 1. The Morgan fingerprint density at radius 2 is 2.04 bits per heavy atom. The molecule has 3 aromatic rings. The summed E-state index contributed by atoms with van der Waals surface area (Å²) < 4.78 is 5.83. The summed E-state index contributed by atoms with van der Waals surface area (Å²) in [5.41, 5.74) is 2.01. The molecule has 0 spiro atoms. The third-order valence-electron chi connectivity index (χ3n) is 4.71. The number of nitrogens with zero attached hydrogens (tertiary/aromatic N) is 3. The normalized spacial score (nSPS) is 16.4. The van der Waals surface area contributed by atoms with Crippen LogP contribution in [0.5, 0.6) is 0 Å². The van der Waals surface area contributed by atoms with Crippen molar-refractivity contribution in [2.75, 3.05) is 19.6 Å². The van der Waals surface area contributed by atoms with Crippen molar-refractivity contribution in [3.63, 3.8) is 0 Å². The molecule has 130 valence electrons. The molecule has 3 heterocycles. The molecule has 1 aromatic carbocycles. The van der Waals surface area contributed by atoms with Gasteiger partial charge in [0.1, 0.15) is 22.6 Å². The van der Waals surface area contributed by atoms with Gasteiger partial charge < -0.3 is 9.73 Å². The van der Waals surface area contributed by atoms with Crippen LogP contribution < -0.4 is 5.32 Å². The molecule has 0 aliphatic carbocycles. The predicted molar refractivity (Wildman–Crippen MR) is 93.2 cm³/mol. The SMILES string of the molecule is Cc1ccc(C(CNC(=O)c2ccc3n[nH]nc3c2)N2CCCC2)o1. The number of hydrogen-bond acceptors (Lipinski definition) is 5. The summed E-state index contributed by atoms with van der Waals surface area (Å²) in [7, 11) is 0. The van der Waals surface area contributed by atoms with Crippen LogP contribution in [0, 0.1) is 6.92 Å². The van der Waals surface area contributed by atoms with Crippen molar-refractivity contribution in [1.82, 2.24) is 25.6 Å². The number of H-pyrrole nitrogens is 1. The van der Waals surface area contributed by atoms with Crippen LogP contribution >= 0.6 is 0 Å². The predicted octanol–water partition coefficient (Wildman–Crippen LogP) is 2.43. The molecule has 2 N–H and O–H groups in total. The minimum absolute atomic E-state index is 0.0657. The first-order valence-electron chi connectivity index (χ1n) is 8.60. The second-order valence-electron chi connectivity index (χ2n) is 6.44. The van der Waals surface area contributed by atoms with Crippen LogP contribution in [0.3, 0.4) is 0 Å². The monoisotopic (exact) mass is 339 g/mol. The van der Waals surface area contributed by atoms with E-state index in [1.54, 1.807) is 18.2 Å². The van der Waals surface area contributed by atoms with Crippen molar-refractivity contribution in [2.24, 2.45) is 0 Å². The number of likely N-dealkylation sites (tertiary alicyclic amines) is 1. The number of hydrogen-bond donors (Lipinski definition) is 2. The Bertz CT molecular complexity index is 878. The van der Waals surface area contributed by atoms with Crippen LogP contribution in [0.25, 0.3) is 11.0 Å². The Hall–Kier alpha value is -2.67. The highest BCUT2D eigenvalue weighted by molar-refractivity contribution is 5.97. The second-order valence-corrected chi connectivity index (χ2v) is 6.44. The van der Waals surface area contributed by atoms with E-state index in [2.05, 4.69) is 25.6 Å². The van der Waals surface area contributed by atoms with Gasteiger partial charge in [-0.05, 0) is 63.2 Å². The average molecular weight is 339 g/mol. The van der Waals surface area contributed by atoms with Crippen molar-refractivity contribution in [1.29, 1.82) is 0 Å². The van der Waals surface area contributed by atoms with E-state index in [9.17, 15) is 4.79 Å². The van der Waals surface area contributed by atoms with E-state index < -0.39 is 0 Å². The standard InChI is InChI=1S/C18H21N5O2/c1-12-4-7-17(25-12)16(23-8-2-3-9-23)11-19-18(24)13-5-6-14-15(10-13)21-22-20-14/h4-7,10,16H,2-3,8-9,11H2,1H3,(H,19,24)(H,20,21,22). The molecular formula is C18H21N5O2. The molecule has 1 saturated heterocycles. The van der Waals surface area contributed by atoms with Gasteiger partial charge in [-0.3, -0.25) is 9.69 Å². The number of rotatable bonds is 5. The molecule has 0 radical (unpaired) electrons. The van der Waals surface area contributed by atoms with Crippen LogP contribution in [0.1, 0.15) is 40.8 Å². The molecule has 0 bridgehead atoms.